The van der Waals surface area contributed by atoms with Crippen molar-refractivity contribution >= 4 is 5.97 Å². The third-order valence-corrected chi connectivity index (χ3v) is 1.82. The van der Waals surface area contributed by atoms with E-state index >= 15 is 0 Å². The van der Waals surface area contributed by atoms with Crippen LogP contribution in [0.25, 0.3) is 0 Å². The van der Waals surface area contributed by atoms with Gasteiger partial charge in [0.15, 0.2) is 0 Å². The van der Waals surface area contributed by atoms with Crippen molar-refractivity contribution in [2.75, 3.05) is 0 Å². The zero-order valence-corrected chi connectivity index (χ0v) is 6.72. The molecule has 0 aromatic heterocycles. The van der Waals surface area contributed by atoms with Crippen molar-refractivity contribution in [1.82, 2.24) is 0 Å². The Morgan fingerprint density at radius 3 is 1.90 bits per heavy atom. The van der Waals surface area contributed by atoms with Crippen LogP contribution in [0.4, 0.5) is 0 Å². The third-order valence-electron chi connectivity index (χ3n) is 1.82. The highest BCUT2D eigenvalue weighted by Crippen LogP contribution is 2.17. The van der Waals surface area contributed by atoms with Crippen LogP contribution >= 0.6 is 0 Å². The summed E-state index contributed by atoms with van der Waals surface area (Å²) in [5, 5.41) is 8.50. The van der Waals surface area contributed by atoms with Gasteiger partial charge < -0.3 is 5.11 Å². The Morgan fingerprint density at radius 1 is 1.40 bits per heavy atom. The minimum Gasteiger partial charge on any atom is -0.478 e. The predicted octanol–water partition coefficient (Wildman–Crippen LogP) is 1.92. The lowest BCUT2D eigenvalue weighted by Gasteiger charge is -2.14. The van der Waals surface area contributed by atoms with E-state index in [4.69, 9.17) is 5.11 Å². The number of hydrogen-bond donors (Lipinski definition) is 1. The molecule has 10 heavy (non-hydrogen) atoms. The fourth-order valence-corrected chi connectivity index (χ4v) is 0.597. The summed E-state index contributed by atoms with van der Waals surface area (Å²) in [6, 6.07) is 0. The SMILES string of the molecule is C=C(C(=O)O)C(C)C(C)C. The van der Waals surface area contributed by atoms with Gasteiger partial charge in [-0.05, 0) is 11.8 Å². The van der Waals surface area contributed by atoms with Crippen LogP contribution in [0, 0.1) is 11.8 Å². The second-order valence-electron chi connectivity index (χ2n) is 2.86. The molecule has 2 heteroatoms. The summed E-state index contributed by atoms with van der Waals surface area (Å²) < 4.78 is 0. The molecule has 0 aromatic carbocycles. The van der Waals surface area contributed by atoms with Gasteiger partial charge in [-0.15, -0.1) is 0 Å². The molecule has 0 saturated heterocycles. The van der Waals surface area contributed by atoms with Gasteiger partial charge >= 0.3 is 5.97 Å². The average molecular weight is 142 g/mol. The maximum atomic E-state index is 10.3. The first kappa shape index (κ1) is 9.21. The molecule has 0 radical (unpaired) electrons. The Balaban J connectivity index is 4.08. The number of carboxylic acid groups (broad SMARTS) is 1. The van der Waals surface area contributed by atoms with E-state index in [-0.39, 0.29) is 5.92 Å². The molecular formula is C8H14O2. The number of aliphatic carboxylic acids is 1. The van der Waals surface area contributed by atoms with E-state index in [0.29, 0.717) is 11.5 Å². The zero-order chi connectivity index (χ0) is 8.31. The predicted molar refractivity (Wildman–Crippen MR) is 40.8 cm³/mol. The van der Waals surface area contributed by atoms with Gasteiger partial charge in [-0.25, -0.2) is 4.79 Å². The fraction of sp³-hybridized carbons (Fsp3) is 0.625. The minimum absolute atomic E-state index is 0.0671. The number of hydrogen-bond acceptors (Lipinski definition) is 1. The van der Waals surface area contributed by atoms with Crippen molar-refractivity contribution in [3.63, 3.8) is 0 Å². The number of rotatable bonds is 3. The van der Waals surface area contributed by atoms with Gasteiger partial charge in [0.05, 0.1) is 0 Å². The molecule has 0 aliphatic carbocycles. The smallest absolute Gasteiger partial charge is 0.331 e. The molecule has 0 heterocycles. The molecule has 0 amide bonds. The van der Waals surface area contributed by atoms with E-state index in [1.807, 2.05) is 20.8 Å². The number of carboxylic acids is 1. The van der Waals surface area contributed by atoms with E-state index in [2.05, 4.69) is 6.58 Å². The van der Waals surface area contributed by atoms with Crippen molar-refractivity contribution in [2.45, 2.75) is 20.8 Å². The zero-order valence-electron chi connectivity index (χ0n) is 6.72. The summed E-state index contributed by atoms with van der Waals surface area (Å²) in [5.41, 5.74) is 0.301. The van der Waals surface area contributed by atoms with Gasteiger partial charge in [-0.3, -0.25) is 0 Å². The van der Waals surface area contributed by atoms with E-state index in [1.54, 1.807) is 0 Å². The van der Waals surface area contributed by atoms with Crippen LogP contribution < -0.4 is 0 Å². The monoisotopic (exact) mass is 142 g/mol. The first-order valence-electron chi connectivity index (χ1n) is 3.39. The molecule has 1 unspecified atom stereocenters. The Labute approximate surface area is 61.6 Å². The summed E-state index contributed by atoms with van der Waals surface area (Å²) in [4.78, 5) is 10.3. The Hall–Kier alpha value is -0.790. The van der Waals surface area contributed by atoms with E-state index in [9.17, 15) is 4.79 Å². The number of carbonyl (C=O) groups is 1. The molecule has 0 rings (SSSR count). The van der Waals surface area contributed by atoms with Crippen molar-refractivity contribution in [3.05, 3.63) is 12.2 Å². The molecule has 0 aromatic rings. The van der Waals surface area contributed by atoms with Crippen molar-refractivity contribution < 1.29 is 9.90 Å². The van der Waals surface area contributed by atoms with E-state index in [1.165, 1.54) is 0 Å². The average Bonchev–Trinajstić information content (AvgIpc) is 1.84. The standard InChI is InChI=1S/C8H14O2/c1-5(2)6(3)7(4)8(9)10/h5-6H,4H2,1-3H3,(H,9,10). The van der Waals surface area contributed by atoms with E-state index in [0.717, 1.165) is 0 Å². The maximum absolute atomic E-state index is 10.3. The fourth-order valence-electron chi connectivity index (χ4n) is 0.597. The molecule has 0 fully saturated rings. The molecule has 0 spiro atoms. The van der Waals surface area contributed by atoms with Gasteiger partial charge in [-0.1, -0.05) is 27.4 Å². The molecule has 58 valence electrons. The van der Waals surface area contributed by atoms with Crippen LogP contribution in [0.15, 0.2) is 12.2 Å². The molecule has 0 aliphatic rings. The van der Waals surface area contributed by atoms with Gasteiger partial charge in [0.2, 0.25) is 0 Å². The molecule has 0 saturated carbocycles. The van der Waals surface area contributed by atoms with Gasteiger partial charge in [0.1, 0.15) is 0 Å². The molecule has 1 atom stereocenters. The Morgan fingerprint density at radius 2 is 1.80 bits per heavy atom. The lowest BCUT2D eigenvalue weighted by atomic mass is 9.91. The van der Waals surface area contributed by atoms with Crippen LogP contribution in [-0.2, 0) is 4.79 Å². The van der Waals surface area contributed by atoms with Crippen molar-refractivity contribution in [3.8, 4) is 0 Å². The summed E-state index contributed by atoms with van der Waals surface area (Å²) in [5.74, 6) is -0.470. The first-order valence-corrected chi connectivity index (χ1v) is 3.39. The second-order valence-corrected chi connectivity index (χ2v) is 2.86. The summed E-state index contributed by atoms with van der Waals surface area (Å²) in [6.07, 6.45) is 0. The normalized spacial score (nSPS) is 13.2. The lowest BCUT2D eigenvalue weighted by Crippen LogP contribution is -2.13. The summed E-state index contributed by atoms with van der Waals surface area (Å²) >= 11 is 0. The largest absolute Gasteiger partial charge is 0.478 e. The molecule has 0 bridgehead atoms. The Kier molecular flexibility index (Phi) is 3.13. The van der Waals surface area contributed by atoms with Crippen LogP contribution in [0.5, 0.6) is 0 Å². The van der Waals surface area contributed by atoms with E-state index < -0.39 is 5.97 Å². The molecule has 1 N–H and O–H groups in total. The second kappa shape index (κ2) is 3.40. The topological polar surface area (TPSA) is 37.3 Å². The highest BCUT2D eigenvalue weighted by molar-refractivity contribution is 5.86. The molecule has 2 nitrogen and oxygen atoms in total. The summed E-state index contributed by atoms with van der Waals surface area (Å²) in [6.45, 7) is 9.32. The van der Waals surface area contributed by atoms with Gasteiger partial charge in [-0.2, -0.15) is 0 Å². The highest BCUT2D eigenvalue weighted by Gasteiger charge is 2.15. The third kappa shape index (κ3) is 2.21. The van der Waals surface area contributed by atoms with Crippen LogP contribution in [0.1, 0.15) is 20.8 Å². The van der Waals surface area contributed by atoms with Gasteiger partial charge in [0, 0.05) is 5.57 Å². The maximum Gasteiger partial charge on any atom is 0.331 e. The van der Waals surface area contributed by atoms with Crippen LogP contribution in [-0.4, -0.2) is 11.1 Å². The summed E-state index contributed by atoms with van der Waals surface area (Å²) in [7, 11) is 0. The first-order chi connectivity index (χ1) is 4.46. The molecular weight excluding hydrogens is 128 g/mol. The molecule has 0 aliphatic heterocycles. The quantitative estimate of drug-likeness (QED) is 0.611. The van der Waals surface area contributed by atoms with Crippen LogP contribution in [0.3, 0.4) is 0 Å². The van der Waals surface area contributed by atoms with Crippen molar-refractivity contribution in [2.24, 2.45) is 11.8 Å². The minimum atomic E-state index is -0.888. The Bertz CT molecular complexity index is 147. The van der Waals surface area contributed by atoms with Crippen LogP contribution in [0.2, 0.25) is 0 Å². The lowest BCUT2D eigenvalue weighted by molar-refractivity contribution is -0.133. The van der Waals surface area contributed by atoms with Gasteiger partial charge in [0.25, 0.3) is 0 Å². The van der Waals surface area contributed by atoms with Crippen molar-refractivity contribution in [1.29, 1.82) is 0 Å². The highest BCUT2D eigenvalue weighted by atomic mass is 16.4.